The molecule has 0 fully saturated rings. The van der Waals surface area contributed by atoms with Crippen molar-refractivity contribution >= 4 is 49.0 Å². The lowest BCUT2D eigenvalue weighted by atomic mass is 10.0. The molecule has 1 N–H and O–H groups in total. The molecule has 12 heteroatoms. The van der Waals surface area contributed by atoms with Gasteiger partial charge in [0.2, 0.25) is 15.9 Å². The zero-order valence-corrected chi connectivity index (χ0v) is 27.2. The number of anilines is 1. The van der Waals surface area contributed by atoms with Crippen LogP contribution in [-0.2, 0) is 29.6 Å². The van der Waals surface area contributed by atoms with Crippen LogP contribution < -0.4 is 13.8 Å². The predicted octanol–water partition coefficient (Wildman–Crippen LogP) is 7.45. The Morgan fingerprint density at radius 2 is 1.62 bits per heavy atom. The molecular weight excluding hydrogens is 648 g/mol. The van der Waals surface area contributed by atoms with E-state index < -0.39 is 15.8 Å². The van der Waals surface area contributed by atoms with Crippen LogP contribution in [0.1, 0.15) is 22.3 Å². The summed E-state index contributed by atoms with van der Waals surface area (Å²) in [5, 5.41) is 12.7. The molecule has 0 amide bonds. The summed E-state index contributed by atoms with van der Waals surface area (Å²) in [4.78, 5) is 4.75. The normalized spacial score (nSPS) is 11.7. The van der Waals surface area contributed by atoms with Gasteiger partial charge in [0.25, 0.3) is 0 Å². The quantitative estimate of drug-likeness (QED) is 0.162. The maximum atomic E-state index is 13.9. The number of ether oxygens (including phenoxy) is 2. The number of nitrogens with zero attached hydrogens (tertiary/aromatic N) is 3. The van der Waals surface area contributed by atoms with Gasteiger partial charge in [-0.25, -0.2) is 17.2 Å². The van der Waals surface area contributed by atoms with Gasteiger partial charge in [-0.05, 0) is 71.1 Å². The van der Waals surface area contributed by atoms with Crippen LogP contribution in [0.25, 0.3) is 21.7 Å². The third kappa shape index (κ3) is 6.54. The Labute approximate surface area is 275 Å². The minimum atomic E-state index is -3.80. The fraction of sp³-hybridized carbons (Fsp3) is 0.171. The second-order valence-corrected chi connectivity index (χ2v) is 13.6. The minimum Gasteiger partial charge on any atom is -0.497 e. The minimum absolute atomic E-state index is 0.0664. The number of benzene rings is 4. The lowest BCUT2D eigenvalue weighted by Gasteiger charge is -2.22. The largest absolute Gasteiger partial charge is 0.497 e. The van der Waals surface area contributed by atoms with Crippen molar-refractivity contribution in [3.63, 3.8) is 0 Å². The summed E-state index contributed by atoms with van der Waals surface area (Å²) in [7, 11) is -0.793. The van der Waals surface area contributed by atoms with Gasteiger partial charge in [-0.3, -0.25) is 9.29 Å². The molecule has 47 heavy (non-hydrogen) atoms. The molecule has 0 bridgehead atoms. The topological polar surface area (TPSA) is 93.9 Å². The summed E-state index contributed by atoms with van der Waals surface area (Å²) >= 11 is 6.04. The molecule has 0 atom stereocenters. The number of aromatic hydroxyl groups is 1. The predicted molar refractivity (Wildman–Crippen MR) is 179 cm³/mol. The molecule has 0 saturated carbocycles. The van der Waals surface area contributed by atoms with E-state index in [0.717, 1.165) is 27.3 Å². The monoisotopic (exact) mass is 677 g/mol. The fourth-order valence-electron chi connectivity index (χ4n) is 5.49. The van der Waals surface area contributed by atoms with E-state index in [2.05, 4.69) is 0 Å². The van der Waals surface area contributed by atoms with E-state index in [-0.39, 0.29) is 46.7 Å². The van der Waals surface area contributed by atoms with Gasteiger partial charge in [0.1, 0.15) is 29.5 Å². The van der Waals surface area contributed by atoms with Crippen molar-refractivity contribution in [3.8, 4) is 17.4 Å². The second kappa shape index (κ2) is 12.7. The molecular formula is C35H30ClF2N3O5S. The number of hydrogen-bond donors (Lipinski definition) is 1. The molecule has 4 aromatic carbocycles. The van der Waals surface area contributed by atoms with Crippen molar-refractivity contribution in [2.24, 2.45) is 0 Å². The highest BCUT2D eigenvalue weighted by molar-refractivity contribution is 7.92. The second-order valence-electron chi connectivity index (χ2n) is 11.2. The van der Waals surface area contributed by atoms with Gasteiger partial charge in [0.05, 0.1) is 36.0 Å². The molecule has 2 aromatic heterocycles. The average Bonchev–Trinajstić information content (AvgIpc) is 3.36. The van der Waals surface area contributed by atoms with E-state index in [4.69, 9.17) is 26.1 Å². The first-order valence-corrected chi connectivity index (χ1v) is 16.7. The van der Waals surface area contributed by atoms with Crippen molar-refractivity contribution in [3.05, 3.63) is 124 Å². The Hall–Kier alpha value is -4.87. The van der Waals surface area contributed by atoms with Gasteiger partial charge in [0, 0.05) is 30.2 Å². The fourth-order valence-corrected chi connectivity index (χ4v) is 6.23. The van der Waals surface area contributed by atoms with Crippen LogP contribution in [-0.4, -0.2) is 43.5 Å². The molecule has 0 aliphatic carbocycles. The SMILES string of the molecule is COc1ccc(COc2c3ncc(Cc4ccc(F)cc4)cc3c(N(C)S(C)(=O)=O)c3cn(Cc4ccc(F)c(Cl)c4)c(O)c23)cc1. The Bertz CT molecular complexity index is 2220. The molecule has 6 rings (SSSR count). The van der Waals surface area contributed by atoms with E-state index in [9.17, 15) is 22.3 Å². The molecule has 0 aliphatic rings. The molecule has 0 unspecified atom stereocenters. The number of aromatic nitrogens is 2. The Morgan fingerprint density at radius 3 is 2.28 bits per heavy atom. The molecule has 2 heterocycles. The summed E-state index contributed by atoms with van der Waals surface area (Å²) in [5.41, 5.74) is 3.63. The van der Waals surface area contributed by atoms with Crippen LogP contribution in [0.3, 0.4) is 0 Å². The number of rotatable bonds is 10. The zero-order chi connectivity index (χ0) is 33.5. The van der Waals surface area contributed by atoms with Gasteiger partial charge >= 0.3 is 0 Å². The first-order valence-electron chi connectivity index (χ1n) is 14.5. The number of halogens is 3. The summed E-state index contributed by atoms with van der Waals surface area (Å²) in [6.45, 7) is 0.201. The van der Waals surface area contributed by atoms with Crippen molar-refractivity contribution in [2.75, 3.05) is 24.7 Å². The van der Waals surface area contributed by atoms with Gasteiger partial charge < -0.3 is 19.1 Å². The van der Waals surface area contributed by atoms with Crippen LogP contribution in [0, 0.1) is 11.6 Å². The summed E-state index contributed by atoms with van der Waals surface area (Å²) < 4.78 is 67.9. The van der Waals surface area contributed by atoms with Crippen molar-refractivity contribution in [1.82, 2.24) is 9.55 Å². The van der Waals surface area contributed by atoms with Crippen molar-refractivity contribution < 1.29 is 31.8 Å². The first-order chi connectivity index (χ1) is 22.4. The van der Waals surface area contributed by atoms with Crippen LogP contribution in [0.5, 0.6) is 17.4 Å². The van der Waals surface area contributed by atoms with Gasteiger partial charge in [-0.15, -0.1) is 0 Å². The van der Waals surface area contributed by atoms with Gasteiger partial charge in [-0.1, -0.05) is 41.9 Å². The molecule has 0 saturated heterocycles. The summed E-state index contributed by atoms with van der Waals surface area (Å²) in [5.74, 6) is -0.195. The molecule has 242 valence electrons. The van der Waals surface area contributed by atoms with Crippen molar-refractivity contribution in [2.45, 2.75) is 19.6 Å². The summed E-state index contributed by atoms with van der Waals surface area (Å²) in [6.07, 6.45) is 4.77. The number of pyridine rings is 1. The standard InChI is InChI=1S/C35H30ClF2N3O5S/c1-40(47(3,43)44)33-27-15-24(14-21-4-9-25(37)10-5-21)17-39-32(27)34(46-20-22-6-11-26(45-2)12-7-22)31-28(33)19-41(35(31)42)18-23-8-13-30(38)29(36)16-23/h4-13,15-17,19,42H,14,18,20H2,1-3H3. The van der Waals surface area contributed by atoms with Crippen LogP contribution in [0.4, 0.5) is 14.5 Å². The summed E-state index contributed by atoms with van der Waals surface area (Å²) in [6, 6.07) is 19.5. The Balaban J connectivity index is 1.58. The van der Waals surface area contributed by atoms with E-state index in [1.807, 2.05) is 18.2 Å². The average molecular weight is 678 g/mol. The van der Waals surface area contributed by atoms with E-state index in [0.29, 0.717) is 34.0 Å². The maximum Gasteiger partial charge on any atom is 0.232 e. The Morgan fingerprint density at radius 1 is 0.936 bits per heavy atom. The number of hydrogen-bond acceptors (Lipinski definition) is 6. The van der Waals surface area contributed by atoms with Crippen LogP contribution >= 0.6 is 11.6 Å². The third-order valence-corrected chi connectivity index (χ3v) is 9.43. The highest BCUT2D eigenvalue weighted by Gasteiger charge is 2.27. The molecule has 8 nitrogen and oxygen atoms in total. The lowest BCUT2D eigenvalue weighted by molar-refractivity contribution is 0.311. The molecule has 6 aromatic rings. The smallest absolute Gasteiger partial charge is 0.232 e. The molecule has 0 spiro atoms. The number of fused-ring (bicyclic) bond motifs is 2. The van der Waals surface area contributed by atoms with Crippen molar-refractivity contribution in [1.29, 1.82) is 0 Å². The van der Waals surface area contributed by atoms with E-state index in [1.165, 1.54) is 35.9 Å². The van der Waals surface area contributed by atoms with Crippen LogP contribution in [0.2, 0.25) is 5.02 Å². The van der Waals surface area contributed by atoms with Crippen LogP contribution in [0.15, 0.2) is 85.2 Å². The number of sulfonamides is 1. The number of methoxy groups -OCH3 is 1. The van der Waals surface area contributed by atoms with E-state index >= 15 is 0 Å². The Kier molecular flexibility index (Phi) is 8.69. The molecule has 0 aliphatic heterocycles. The highest BCUT2D eigenvalue weighted by Crippen LogP contribution is 2.48. The zero-order valence-electron chi connectivity index (χ0n) is 25.7. The first kappa shape index (κ1) is 32.1. The molecule has 0 radical (unpaired) electrons. The van der Waals surface area contributed by atoms with Gasteiger partial charge in [-0.2, -0.15) is 0 Å². The van der Waals surface area contributed by atoms with Gasteiger partial charge in [0.15, 0.2) is 5.75 Å². The third-order valence-electron chi connectivity index (χ3n) is 7.96. The lowest BCUT2D eigenvalue weighted by Crippen LogP contribution is -2.25. The van der Waals surface area contributed by atoms with E-state index in [1.54, 1.807) is 49.8 Å². The maximum absolute atomic E-state index is 13.9. The highest BCUT2D eigenvalue weighted by atomic mass is 35.5.